The number of hydrogen-bond donors (Lipinski definition) is 0. The fourth-order valence-electron chi connectivity index (χ4n) is 3.16. The van der Waals surface area contributed by atoms with Gasteiger partial charge in [0.1, 0.15) is 5.71 Å². The van der Waals surface area contributed by atoms with Crippen molar-refractivity contribution in [2.45, 2.75) is 19.4 Å². The van der Waals surface area contributed by atoms with Gasteiger partial charge in [0.2, 0.25) is 5.54 Å². The lowest BCUT2D eigenvalue weighted by Crippen LogP contribution is -2.43. The fraction of sp³-hybridized carbons (Fsp3) is 0.150. The Bertz CT molecular complexity index is 1060. The number of oxime groups is 1. The van der Waals surface area contributed by atoms with Crippen LogP contribution in [0.4, 0.5) is 0 Å². The molecule has 0 N–H and O–H groups in total. The van der Waals surface area contributed by atoms with E-state index in [2.05, 4.69) is 5.16 Å². The summed E-state index contributed by atoms with van der Waals surface area (Å²) >= 11 is 0. The second kappa shape index (κ2) is 5.84. The van der Waals surface area contributed by atoms with Crippen LogP contribution >= 0.6 is 0 Å². The molecule has 6 heteroatoms. The topological polar surface area (TPSA) is 73.8 Å². The van der Waals surface area contributed by atoms with Crippen LogP contribution in [-0.2, 0) is 15.2 Å². The second-order valence-electron chi connectivity index (χ2n) is 6.27. The monoisotopic (exact) mass is 348 g/mol. The molecule has 0 radical (unpaired) electrons. The van der Waals surface area contributed by atoms with E-state index in [1.165, 1.54) is 4.74 Å². The third kappa shape index (κ3) is 2.23. The summed E-state index contributed by atoms with van der Waals surface area (Å²) in [5, 5.41) is 3.97. The van der Waals surface area contributed by atoms with E-state index in [9.17, 15) is 9.59 Å². The van der Waals surface area contributed by atoms with Crippen LogP contribution in [0, 0.1) is 6.92 Å². The van der Waals surface area contributed by atoms with Crippen molar-refractivity contribution in [3.8, 4) is 11.3 Å². The summed E-state index contributed by atoms with van der Waals surface area (Å²) in [6.07, 6.45) is 0. The molecule has 0 saturated carbocycles. The molecule has 26 heavy (non-hydrogen) atoms. The Morgan fingerprint density at radius 3 is 2.12 bits per heavy atom. The average Bonchev–Trinajstić information content (AvgIpc) is 3.14. The van der Waals surface area contributed by atoms with E-state index in [0.717, 1.165) is 5.56 Å². The molecule has 0 amide bonds. The Kier molecular flexibility index (Phi) is 3.61. The summed E-state index contributed by atoms with van der Waals surface area (Å²) in [7, 11) is 0. The largest absolute Gasteiger partial charge is 0.369 e. The minimum absolute atomic E-state index is 0.388. The molecule has 0 spiro atoms. The number of benzene rings is 2. The fourth-order valence-corrected chi connectivity index (χ4v) is 3.16. The molecular formula is C20H16N2O4. The van der Waals surface area contributed by atoms with Crippen LogP contribution in [-0.4, -0.2) is 16.4 Å². The number of hydrogen-bond acceptors (Lipinski definition) is 5. The van der Waals surface area contributed by atoms with Crippen LogP contribution in [0.25, 0.3) is 11.3 Å². The van der Waals surface area contributed by atoms with Gasteiger partial charge in [-0.3, -0.25) is 0 Å². The van der Waals surface area contributed by atoms with Gasteiger partial charge in [-0.1, -0.05) is 65.8 Å². The molecule has 6 nitrogen and oxygen atoms in total. The molecule has 1 atom stereocenters. The highest BCUT2D eigenvalue weighted by atomic mass is 16.7. The van der Waals surface area contributed by atoms with E-state index >= 15 is 0 Å². The van der Waals surface area contributed by atoms with Crippen molar-refractivity contribution in [3.63, 3.8) is 0 Å². The summed E-state index contributed by atoms with van der Waals surface area (Å²) in [4.78, 5) is 30.0. The van der Waals surface area contributed by atoms with Crippen molar-refractivity contribution >= 4 is 11.7 Å². The zero-order chi connectivity index (χ0) is 18.3. The predicted octanol–water partition coefficient (Wildman–Crippen LogP) is 3.09. The molecule has 1 aromatic heterocycles. The van der Waals surface area contributed by atoms with Crippen molar-refractivity contribution in [1.29, 1.82) is 0 Å². The molecule has 130 valence electrons. The maximum atomic E-state index is 12.7. The molecular weight excluding hydrogens is 332 g/mol. The molecule has 1 aliphatic heterocycles. The van der Waals surface area contributed by atoms with Gasteiger partial charge >= 0.3 is 11.6 Å². The minimum atomic E-state index is -1.39. The standard InChI is InChI=1S/C20H16N2O4/c1-13-16(14-9-5-3-6-10-14)22(26-18(13)23)20(2)17(21-25-19(20)24)15-11-7-4-8-12-15/h3-12H,1-2H3. The summed E-state index contributed by atoms with van der Waals surface area (Å²) < 4.78 is 6.81. The second-order valence-corrected chi connectivity index (χ2v) is 6.27. The number of nitrogens with zero attached hydrogens (tertiary/aromatic N) is 2. The third-order valence-corrected chi connectivity index (χ3v) is 4.62. The van der Waals surface area contributed by atoms with Crippen molar-refractivity contribution in [1.82, 2.24) is 4.74 Å². The maximum Gasteiger partial charge on any atom is 0.369 e. The smallest absolute Gasteiger partial charge is 0.334 e. The molecule has 0 aliphatic carbocycles. The first kappa shape index (κ1) is 16.1. The Hall–Kier alpha value is -3.41. The molecule has 2 aromatic carbocycles. The highest BCUT2D eigenvalue weighted by Crippen LogP contribution is 2.35. The predicted molar refractivity (Wildman–Crippen MR) is 95.9 cm³/mol. The number of carbonyl (C=O) groups excluding carboxylic acids is 1. The van der Waals surface area contributed by atoms with Gasteiger partial charge < -0.3 is 9.36 Å². The summed E-state index contributed by atoms with van der Waals surface area (Å²) in [6.45, 7) is 3.32. The van der Waals surface area contributed by atoms with Gasteiger partial charge in [0.15, 0.2) is 0 Å². The Balaban J connectivity index is 1.97. The van der Waals surface area contributed by atoms with Gasteiger partial charge in [-0.05, 0) is 13.8 Å². The molecule has 0 saturated heterocycles. The molecule has 3 aromatic rings. The van der Waals surface area contributed by atoms with Crippen LogP contribution in [0.5, 0.6) is 0 Å². The Morgan fingerprint density at radius 2 is 1.50 bits per heavy atom. The normalized spacial score (nSPS) is 19.3. The zero-order valence-electron chi connectivity index (χ0n) is 14.3. The lowest BCUT2D eigenvalue weighted by Gasteiger charge is -2.23. The molecule has 1 aliphatic rings. The van der Waals surface area contributed by atoms with Crippen LogP contribution in [0.15, 0.2) is 75.1 Å². The summed E-state index contributed by atoms with van der Waals surface area (Å²) in [5.41, 5.74) is 0.930. The average molecular weight is 348 g/mol. The number of carbonyl (C=O) groups is 1. The van der Waals surface area contributed by atoms with Crippen molar-refractivity contribution in [2.24, 2.45) is 5.16 Å². The van der Waals surface area contributed by atoms with Crippen LogP contribution < -0.4 is 5.63 Å². The van der Waals surface area contributed by atoms with E-state index in [1.54, 1.807) is 13.8 Å². The first-order valence-electron chi connectivity index (χ1n) is 8.17. The van der Waals surface area contributed by atoms with Gasteiger partial charge in [0.25, 0.3) is 0 Å². The van der Waals surface area contributed by atoms with Crippen molar-refractivity contribution < 1.29 is 14.2 Å². The third-order valence-electron chi connectivity index (χ3n) is 4.62. The van der Waals surface area contributed by atoms with Crippen LogP contribution in [0.1, 0.15) is 18.1 Å². The highest BCUT2D eigenvalue weighted by Gasteiger charge is 2.51. The van der Waals surface area contributed by atoms with E-state index in [4.69, 9.17) is 9.36 Å². The van der Waals surface area contributed by atoms with Crippen LogP contribution in [0.2, 0.25) is 0 Å². The van der Waals surface area contributed by atoms with Crippen molar-refractivity contribution in [2.75, 3.05) is 0 Å². The first-order valence-corrected chi connectivity index (χ1v) is 8.17. The Morgan fingerprint density at radius 1 is 0.923 bits per heavy atom. The molecule has 1 unspecified atom stereocenters. The lowest BCUT2D eigenvalue weighted by molar-refractivity contribution is -0.148. The van der Waals surface area contributed by atoms with Gasteiger partial charge in [0, 0.05) is 11.1 Å². The number of rotatable bonds is 3. The summed E-state index contributed by atoms with van der Waals surface area (Å²) in [6, 6.07) is 18.5. The number of aromatic nitrogens is 1. The molecule has 0 fully saturated rings. The van der Waals surface area contributed by atoms with Gasteiger partial charge in [-0.15, -0.1) is 0 Å². The lowest BCUT2D eigenvalue weighted by atomic mass is 9.90. The van der Waals surface area contributed by atoms with E-state index in [1.807, 2.05) is 60.7 Å². The van der Waals surface area contributed by atoms with Gasteiger partial charge in [-0.2, -0.15) is 4.74 Å². The first-order chi connectivity index (χ1) is 12.5. The zero-order valence-corrected chi connectivity index (χ0v) is 14.3. The minimum Gasteiger partial charge on any atom is -0.334 e. The van der Waals surface area contributed by atoms with Gasteiger partial charge in [0.05, 0.1) is 11.3 Å². The molecule has 4 rings (SSSR count). The van der Waals surface area contributed by atoms with E-state index < -0.39 is 17.1 Å². The molecule has 2 heterocycles. The molecule has 0 bridgehead atoms. The van der Waals surface area contributed by atoms with E-state index in [0.29, 0.717) is 22.5 Å². The maximum absolute atomic E-state index is 12.7. The highest BCUT2D eigenvalue weighted by molar-refractivity contribution is 6.19. The SMILES string of the molecule is Cc1c(-c2ccccc2)n(C2(C)C(=O)ON=C2c2ccccc2)oc1=O. The van der Waals surface area contributed by atoms with Crippen molar-refractivity contribution in [3.05, 3.63) is 82.2 Å². The quantitative estimate of drug-likeness (QED) is 0.682. The van der Waals surface area contributed by atoms with E-state index in [-0.39, 0.29) is 0 Å². The van der Waals surface area contributed by atoms with Crippen LogP contribution in [0.3, 0.4) is 0 Å². The summed E-state index contributed by atoms with van der Waals surface area (Å²) in [5.74, 6) is -0.604. The Labute approximate surface area is 149 Å². The van der Waals surface area contributed by atoms with Gasteiger partial charge in [-0.25, -0.2) is 9.59 Å².